The van der Waals surface area contributed by atoms with Crippen LogP contribution in [0, 0.1) is 12.3 Å². The lowest BCUT2D eigenvalue weighted by Gasteiger charge is -2.33. The number of nitrogens with one attached hydrogen (secondary N) is 2. The first-order valence-electron chi connectivity index (χ1n) is 11.9. The second-order valence-electron chi connectivity index (χ2n) is 9.16. The maximum absolute atomic E-state index is 13.6. The van der Waals surface area contributed by atoms with Crippen molar-refractivity contribution in [2.24, 2.45) is 5.73 Å². The first-order chi connectivity index (χ1) is 16.4. The highest BCUT2D eigenvalue weighted by atomic mass is 16.6. The van der Waals surface area contributed by atoms with Crippen molar-refractivity contribution in [3.63, 3.8) is 0 Å². The van der Waals surface area contributed by atoms with E-state index in [1.165, 1.54) is 4.90 Å². The largest absolute Gasteiger partial charge is 0.444 e. The van der Waals surface area contributed by atoms with Crippen LogP contribution in [-0.4, -0.2) is 53.4 Å². The molecule has 192 valence electrons. The van der Waals surface area contributed by atoms with Crippen molar-refractivity contribution in [2.75, 3.05) is 13.1 Å². The van der Waals surface area contributed by atoms with Crippen LogP contribution < -0.4 is 16.4 Å². The number of likely N-dealkylation sites (N-methyl/N-ethyl adjacent to an activating group) is 1. The maximum atomic E-state index is 13.6. The maximum Gasteiger partial charge on any atom is 0.408 e. The Hall–Kier alpha value is -3.54. The van der Waals surface area contributed by atoms with Gasteiger partial charge in [0.05, 0.1) is 6.42 Å². The fraction of sp³-hybridized carbons (Fsp3) is 0.538. The van der Waals surface area contributed by atoms with Gasteiger partial charge in [-0.2, -0.15) is 0 Å². The summed E-state index contributed by atoms with van der Waals surface area (Å²) in [6, 6.07) is 4.44. The summed E-state index contributed by atoms with van der Waals surface area (Å²) in [6.45, 7) is 9.38. The van der Waals surface area contributed by atoms with Gasteiger partial charge in [-0.3, -0.25) is 14.4 Å². The second kappa shape index (κ2) is 14.0. The molecule has 0 aromatic heterocycles. The summed E-state index contributed by atoms with van der Waals surface area (Å²) in [5, 5.41) is 5.32. The zero-order valence-electron chi connectivity index (χ0n) is 21.3. The monoisotopic (exact) mass is 486 g/mol. The van der Waals surface area contributed by atoms with Gasteiger partial charge in [0.1, 0.15) is 17.7 Å². The van der Waals surface area contributed by atoms with Gasteiger partial charge < -0.3 is 26.0 Å². The van der Waals surface area contributed by atoms with E-state index in [-0.39, 0.29) is 12.5 Å². The molecule has 2 unspecified atom stereocenters. The van der Waals surface area contributed by atoms with E-state index in [1.54, 1.807) is 52.0 Å². The Morgan fingerprint density at radius 1 is 1.11 bits per heavy atom. The Kier molecular flexibility index (Phi) is 11.8. The average Bonchev–Trinajstić information content (AvgIpc) is 2.77. The molecule has 0 fully saturated rings. The zero-order valence-corrected chi connectivity index (χ0v) is 21.3. The molecule has 0 aliphatic rings. The molecule has 1 rings (SSSR count). The van der Waals surface area contributed by atoms with Crippen LogP contribution in [0.4, 0.5) is 4.79 Å². The fourth-order valence-electron chi connectivity index (χ4n) is 3.43. The molecule has 4 amide bonds. The van der Waals surface area contributed by atoms with E-state index in [2.05, 4.69) is 23.5 Å². The number of alkyl carbamates (subject to hydrolysis) is 1. The van der Waals surface area contributed by atoms with Gasteiger partial charge in [-0.1, -0.05) is 37.8 Å². The third-order valence-electron chi connectivity index (χ3n) is 5.05. The SMILES string of the molecule is C#Cc1ccc(C(C(=O)NCCCCC)N(CC)C(=O)C(CC(N)=O)NC(=O)OC(C)(C)C)cc1. The third-order valence-corrected chi connectivity index (χ3v) is 5.05. The lowest BCUT2D eigenvalue weighted by molar-refractivity contribution is -0.143. The van der Waals surface area contributed by atoms with Crippen LogP contribution in [0.3, 0.4) is 0 Å². The molecule has 0 spiro atoms. The van der Waals surface area contributed by atoms with Gasteiger partial charge in [-0.25, -0.2) is 4.79 Å². The van der Waals surface area contributed by atoms with Crippen LogP contribution in [0.15, 0.2) is 24.3 Å². The van der Waals surface area contributed by atoms with Crippen molar-refractivity contribution < 1.29 is 23.9 Å². The molecule has 0 aliphatic carbocycles. The lowest BCUT2D eigenvalue weighted by atomic mass is 10.0. The minimum absolute atomic E-state index is 0.133. The van der Waals surface area contributed by atoms with Crippen molar-refractivity contribution in [3.8, 4) is 12.3 Å². The Morgan fingerprint density at radius 3 is 2.23 bits per heavy atom. The number of terminal acetylenes is 1. The molecular weight excluding hydrogens is 448 g/mol. The molecule has 0 aliphatic heterocycles. The van der Waals surface area contributed by atoms with Gasteiger partial charge in [0, 0.05) is 18.7 Å². The molecule has 0 saturated carbocycles. The van der Waals surface area contributed by atoms with Crippen molar-refractivity contribution in [2.45, 2.75) is 78.0 Å². The van der Waals surface area contributed by atoms with E-state index >= 15 is 0 Å². The van der Waals surface area contributed by atoms with Gasteiger partial charge >= 0.3 is 6.09 Å². The van der Waals surface area contributed by atoms with Gasteiger partial charge in [0.25, 0.3) is 0 Å². The molecule has 0 heterocycles. The smallest absolute Gasteiger partial charge is 0.408 e. The number of ether oxygens (including phenoxy) is 1. The van der Waals surface area contributed by atoms with Crippen LogP contribution in [0.25, 0.3) is 0 Å². The van der Waals surface area contributed by atoms with E-state index in [1.807, 2.05) is 0 Å². The molecule has 0 radical (unpaired) electrons. The average molecular weight is 487 g/mol. The predicted molar refractivity (Wildman–Crippen MR) is 134 cm³/mol. The van der Waals surface area contributed by atoms with Crippen LogP contribution in [0.5, 0.6) is 0 Å². The molecule has 9 heteroatoms. The first-order valence-corrected chi connectivity index (χ1v) is 11.9. The predicted octanol–water partition coefficient (Wildman–Crippen LogP) is 2.63. The number of nitrogens with two attached hydrogens (primary N) is 1. The second-order valence-corrected chi connectivity index (χ2v) is 9.16. The van der Waals surface area contributed by atoms with Gasteiger partial charge in [0.2, 0.25) is 17.7 Å². The molecule has 1 aromatic rings. The van der Waals surface area contributed by atoms with Crippen LogP contribution in [0.1, 0.15) is 77.5 Å². The van der Waals surface area contributed by atoms with Gasteiger partial charge in [0.15, 0.2) is 0 Å². The number of unbranched alkanes of at least 4 members (excludes halogenated alkanes) is 2. The number of hydrogen-bond acceptors (Lipinski definition) is 5. The third kappa shape index (κ3) is 10.1. The molecule has 4 N–H and O–H groups in total. The molecule has 2 atom stereocenters. The molecule has 9 nitrogen and oxygen atoms in total. The Labute approximate surface area is 208 Å². The number of nitrogens with zero attached hydrogens (tertiary/aromatic N) is 1. The Morgan fingerprint density at radius 2 is 1.74 bits per heavy atom. The van der Waals surface area contributed by atoms with Gasteiger partial charge in [-0.05, 0) is 51.8 Å². The van der Waals surface area contributed by atoms with Crippen molar-refractivity contribution in [1.29, 1.82) is 0 Å². The van der Waals surface area contributed by atoms with E-state index in [9.17, 15) is 19.2 Å². The number of amides is 4. The number of carbonyl (C=O) groups excluding carboxylic acids is 4. The lowest BCUT2D eigenvalue weighted by Crippen LogP contribution is -2.54. The molecule has 35 heavy (non-hydrogen) atoms. The summed E-state index contributed by atoms with van der Waals surface area (Å²) >= 11 is 0. The summed E-state index contributed by atoms with van der Waals surface area (Å²) in [5.74, 6) is 0.732. The highest BCUT2D eigenvalue weighted by molar-refractivity contribution is 5.94. The van der Waals surface area contributed by atoms with Crippen molar-refractivity contribution >= 4 is 23.8 Å². The van der Waals surface area contributed by atoms with Crippen molar-refractivity contribution in [3.05, 3.63) is 35.4 Å². The number of carbonyl (C=O) groups is 4. The normalized spacial score (nSPS) is 12.6. The highest BCUT2D eigenvalue weighted by Gasteiger charge is 2.36. The number of rotatable bonds is 12. The first kappa shape index (κ1) is 29.5. The van der Waals surface area contributed by atoms with E-state index in [0.717, 1.165) is 19.3 Å². The standard InChI is InChI=1S/C26H38N4O5/c1-7-10-11-16-28-23(32)22(19-14-12-18(8-2)13-15-19)30(9-3)24(33)20(17-21(27)31)29-25(34)35-26(4,5)6/h2,12-15,20,22H,7,9-11,16-17H2,1,3-6H3,(H2,27,31)(H,28,32)(H,29,34). The van der Waals surface area contributed by atoms with E-state index in [4.69, 9.17) is 16.9 Å². The molecule has 1 aromatic carbocycles. The summed E-state index contributed by atoms with van der Waals surface area (Å²) in [6.07, 6.45) is 6.89. The molecule has 0 saturated heterocycles. The highest BCUT2D eigenvalue weighted by Crippen LogP contribution is 2.23. The number of benzene rings is 1. The fourth-order valence-corrected chi connectivity index (χ4v) is 3.43. The summed E-state index contributed by atoms with van der Waals surface area (Å²) in [4.78, 5) is 52.2. The molecular formula is C26H38N4O5. The number of primary amides is 1. The van der Waals surface area contributed by atoms with Crippen molar-refractivity contribution in [1.82, 2.24) is 15.5 Å². The zero-order chi connectivity index (χ0) is 26.6. The topological polar surface area (TPSA) is 131 Å². The van der Waals surface area contributed by atoms with Gasteiger partial charge in [-0.15, -0.1) is 6.42 Å². The van der Waals surface area contributed by atoms with Crippen LogP contribution in [-0.2, 0) is 19.1 Å². The summed E-state index contributed by atoms with van der Waals surface area (Å²) in [7, 11) is 0. The molecule has 0 bridgehead atoms. The quantitative estimate of drug-likeness (QED) is 0.309. The minimum atomic E-state index is -1.30. The minimum Gasteiger partial charge on any atom is -0.444 e. The van der Waals surface area contributed by atoms with Crippen LogP contribution in [0.2, 0.25) is 0 Å². The number of hydrogen-bond donors (Lipinski definition) is 3. The van der Waals surface area contributed by atoms with Crippen LogP contribution >= 0.6 is 0 Å². The summed E-state index contributed by atoms with van der Waals surface area (Å²) < 4.78 is 5.24. The van der Waals surface area contributed by atoms with E-state index in [0.29, 0.717) is 17.7 Å². The Balaban J connectivity index is 3.31. The van der Waals surface area contributed by atoms with E-state index < -0.39 is 42.0 Å². The Bertz CT molecular complexity index is 915. The summed E-state index contributed by atoms with van der Waals surface area (Å²) in [5.41, 5.74) is 5.71.